The highest BCUT2D eigenvalue weighted by atomic mass is 79.9. The van der Waals surface area contributed by atoms with Crippen LogP contribution in [-0.4, -0.2) is 21.3 Å². The van der Waals surface area contributed by atoms with E-state index in [0.717, 1.165) is 14.8 Å². The minimum absolute atomic E-state index is 0.0263. The summed E-state index contributed by atoms with van der Waals surface area (Å²) in [5.74, 6) is -1.08. The van der Waals surface area contributed by atoms with E-state index >= 15 is 0 Å². The Hall–Kier alpha value is -1.92. The first kappa shape index (κ1) is 14.0. The second-order valence-electron chi connectivity index (χ2n) is 4.26. The first-order valence-corrected chi connectivity index (χ1v) is 7.68. The van der Waals surface area contributed by atoms with Gasteiger partial charge in [0.1, 0.15) is 0 Å². The minimum Gasteiger partial charge on any atom is -0.476 e. The number of hydrogen-bond donors (Lipinski definition) is 1. The van der Waals surface area contributed by atoms with Crippen molar-refractivity contribution in [3.63, 3.8) is 0 Å². The molecule has 0 saturated heterocycles. The van der Waals surface area contributed by atoms with Crippen molar-refractivity contribution < 1.29 is 9.90 Å². The van der Waals surface area contributed by atoms with E-state index in [4.69, 9.17) is 0 Å². The second-order valence-corrected chi connectivity index (χ2v) is 6.26. The molecule has 4 nitrogen and oxygen atoms in total. The number of nitrogens with zero attached hydrogens (tertiary/aromatic N) is 2. The maximum absolute atomic E-state index is 11.4. The summed E-state index contributed by atoms with van der Waals surface area (Å²) in [4.78, 5) is 12.9. The Morgan fingerprint density at radius 3 is 2.48 bits per heavy atom. The van der Waals surface area contributed by atoms with Crippen LogP contribution in [0.5, 0.6) is 0 Å². The van der Waals surface area contributed by atoms with Crippen molar-refractivity contribution in [3.05, 3.63) is 58.7 Å². The zero-order valence-electron chi connectivity index (χ0n) is 10.7. The summed E-state index contributed by atoms with van der Waals surface area (Å²) in [6.07, 6.45) is 0. The third-order valence-electron chi connectivity index (χ3n) is 2.86. The Morgan fingerprint density at radius 2 is 1.76 bits per heavy atom. The molecule has 1 heterocycles. The largest absolute Gasteiger partial charge is 0.476 e. The average molecular weight is 361 g/mol. The zero-order chi connectivity index (χ0) is 14.8. The molecule has 0 aliphatic heterocycles. The van der Waals surface area contributed by atoms with E-state index < -0.39 is 5.97 Å². The molecule has 0 fully saturated rings. The number of benzene rings is 2. The molecule has 0 spiro atoms. The molecule has 1 aromatic heterocycles. The lowest BCUT2D eigenvalue weighted by Gasteiger charge is -2.08. The van der Waals surface area contributed by atoms with Crippen LogP contribution in [-0.2, 0) is 0 Å². The zero-order valence-corrected chi connectivity index (χ0v) is 13.1. The number of rotatable bonds is 3. The smallest absolute Gasteiger partial charge is 0.357 e. The van der Waals surface area contributed by atoms with Crippen molar-refractivity contribution in [2.45, 2.75) is 9.79 Å². The Balaban J connectivity index is 2.16. The molecule has 0 bridgehead atoms. The molecule has 3 aromatic rings. The summed E-state index contributed by atoms with van der Waals surface area (Å²) in [6, 6.07) is 15.1. The number of hydrogen-bond acceptors (Lipinski definition) is 4. The van der Waals surface area contributed by atoms with E-state index in [-0.39, 0.29) is 5.69 Å². The monoisotopic (exact) mass is 360 g/mol. The third-order valence-corrected chi connectivity index (χ3v) is 4.51. The first-order chi connectivity index (χ1) is 10.1. The number of carbonyl (C=O) groups is 1. The molecule has 0 unspecified atom stereocenters. The Morgan fingerprint density at radius 1 is 1.05 bits per heavy atom. The van der Waals surface area contributed by atoms with Gasteiger partial charge in [-0.15, -0.1) is 10.2 Å². The van der Waals surface area contributed by atoms with Gasteiger partial charge >= 0.3 is 5.97 Å². The van der Waals surface area contributed by atoms with Crippen molar-refractivity contribution in [1.29, 1.82) is 0 Å². The number of carboxylic acid groups (broad SMARTS) is 1. The van der Waals surface area contributed by atoms with E-state index in [2.05, 4.69) is 26.1 Å². The number of halogens is 1. The van der Waals surface area contributed by atoms with Gasteiger partial charge in [-0.3, -0.25) is 0 Å². The van der Waals surface area contributed by atoms with Crippen molar-refractivity contribution >= 4 is 44.6 Å². The van der Waals surface area contributed by atoms with Crippen LogP contribution in [0.15, 0.2) is 62.8 Å². The second kappa shape index (κ2) is 5.83. The molecule has 0 saturated carbocycles. The highest BCUT2D eigenvalue weighted by molar-refractivity contribution is 9.10. The van der Waals surface area contributed by atoms with Crippen LogP contribution in [0.4, 0.5) is 0 Å². The van der Waals surface area contributed by atoms with Gasteiger partial charge in [0.05, 0.1) is 10.4 Å². The summed E-state index contributed by atoms with van der Waals surface area (Å²) in [5.41, 5.74) is 0.656. The molecule has 0 radical (unpaired) electrons. The lowest BCUT2D eigenvalue weighted by atomic mass is 10.2. The van der Waals surface area contributed by atoms with Gasteiger partial charge in [0.25, 0.3) is 0 Å². The van der Waals surface area contributed by atoms with Crippen molar-refractivity contribution in [2.24, 2.45) is 0 Å². The van der Waals surface area contributed by atoms with Crippen molar-refractivity contribution in [1.82, 2.24) is 10.2 Å². The van der Waals surface area contributed by atoms with Crippen LogP contribution in [0, 0.1) is 0 Å². The van der Waals surface area contributed by atoms with Crippen molar-refractivity contribution in [2.75, 3.05) is 0 Å². The highest BCUT2D eigenvalue weighted by Gasteiger charge is 2.17. The maximum Gasteiger partial charge on any atom is 0.357 e. The number of aromatic nitrogens is 2. The first-order valence-electron chi connectivity index (χ1n) is 6.07. The summed E-state index contributed by atoms with van der Waals surface area (Å²) < 4.78 is 0.975. The van der Waals surface area contributed by atoms with Gasteiger partial charge in [-0.1, -0.05) is 45.9 Å². The van der Waals surface area contributed by atoms with Gasteiger partial charge in [-0.05, 0) is 30.3 Å². The van der Waals surface area contributed by atoms with E-state index in [0.29, 0.717) is 10.4 Å². The maximum atomic E-state index is 11.4. The molecule has 21 heavy (non-hydrogen) atoms. The van der Waals surface area contributed by atoms with E-state index in [9.17, 15) is 9.90 Å². The Kier molecular flexibility index (Phi) is 3.90. The Labute approximate surface area is 133 Å². The fourth-order valence-corrected chi connectivity index (χ4v) is 3.17. The molecule has 2 aromatic carbocycles. The molecular formula is C15H9BrN2O2S. The lowest BCUT2D eigenvalue weighted by molar-refractivity contribution is 0.0685. The van der Waals surface area contributed by atoms with Gasteiger partial charge in [-0.25, -0.2) is 4.79 Å². The Bertz CT molecular complexity index is 822. The number of fused-ring (bicyclic) bond motifs is 1. The van der Waals surface area contributed by atoms with Crippen LogP contribution < -0.4 is 0 Å². The predicted octanol–water partition coefficient (Wildman–Crippen LogP) is 4.24. The van der Waals surface area contributed by atoms with Crippen LogP contribution in [0.3, 0.4) is 0 Å². The summed E-state index contributed by atoms with van der Waals surface area (Å²) in [7, 11) is 0. The summed E-state index contributed by atoms with van der Waals surface area (Å²) in [6.45, 7) is 0. The fraction of sp³-hybridized carbons (Fsp3) is 0. The molecule has 6 heteroatoms. The summed E-state index contributed by atoms with van der Waals surface area (Å²) >= 11 is 4.76. The fourth-order valence-electron chi connectivity index (χ4n) is 1.89. The molecular weight excluding hydrogens is 352 g/mol. The van der Waals surface area contributed by atoms with Crippen molar-refractivity contribution in [3.8, 4) is 0 Å². The molecule has 1 N–H and O–H groups in total. The number of aromatic carboxylic acids is 1. The lowest BCUT2D eigenvalue weighted by Crippen LogP contribution is -2.05. The molecule has 104 valence electrons. The number of carboxylic acids is 1. The molecule has 0 aliphatic carbocycles. The minimum atomic E-state index is -1.08. The highest BCUT2D eigenvalue weighted by Crippen LogP contribution is 2.35. The predicted molar refractivity (Wildman–Crippen MR) is 84.8 cm³/mol. The van der Waals surface area contributed by atoms with E-state index in [1.807, 2.05) is 48.5 Å². The van der Waals surface area contributed by atoms with Crippen LogP contribution in [0.2, 0.25) is 0 Å². The summed E-state index contributed by atoms with van der Waals surface area (Å²) in [5, 5.41) is 17.9. The van der Waals surface area contributed by atoms with Crippen LogP contribution in [0.1, 0.15) is 10.5 Å². The standard InChI is InChI=1S/C15H9BrN2O2S/c16-9-5-7-10(8-6-9)21-14-11-3-1-2-4-12(11)17-18-13(14)15(19)20/h1-8H,(H,19,20). The molecule has 3 rings (SSSR count). The molecule has 0 atom stereocenters. The van der Waals surface area contributed by atoms with Crippen LogP contribution in [0.25, 0.3) is 10.9 Å². The van der Waals surface area contributed by atoms with E-state index in [1.165, 1.54) is 11.8 Å². The van der Waals surface area contributed by atoms with Gasteiger partial charge in [0.2, 0.25) is 0 Å². The SMILES string of the molecule is O=C(O)c1nnc2ccccc2c1Sc1ccc(Br)cc1. The van der Waals surface area contributed by atoms with Gasteiger partial charge in [0.15, 0.2) is 5.69 Å². The quantitative estimate of drug-likeness (QED) is 0.756. The normalized spacial score (nSPS) is 10.7. The molecule has 0 aliphatic rings. The molecule has 0 amide bonds. The topological polar surface area (TPSA) is 63.1 Å². The third kappa shape index (κ3) is 2.91. The van der Waals surface area contributed by atoms with Gasteiger partial charge in [0, 0.05) is 14.8 Å². The van der Waals surface area contributed by atoms with E-state index in [1.54, 1.807) is 0 Å². The van der Waals surface area contributed by atoms with Gasteiger partial charge in [-0.2, -0.15) is 0 Å². The van der Waals surface area contributed by atoms with Gasteiger partial charge < -0.3 is 5.11 Å². The van der Waals surface area contributed by atoms with Crippen LogP contribution >= 0.6 is 27.7 Å². The average Bonchev–Trinajstić information content (AvgIpc) is 2.49.